The molecule has 6 nitrogen and oxygen atoms in total. The maximum atomic E-state index is 12.0. The molecule has 0 aliphatic carbocycles. The van der Waals surface area contributed by atoms with Gasteiger partial charge in [0.1, 0.15) is 5.75 Å². The number of nitrogens with one attached hydrogen (secondary N) is 1. The molecule has 0 aromatic heterocycles. The molecule has 0 amide bonds. The first-order chi connectivity index (χ1) is 9.40. The van der Waals surface area contributed by atoms with Crippen molar-refractivity contribution in [2.75, 3.05) is 4.72 Å². The van der Waals surface area contributed by atoms with Crippen LogP contribution in [0.15, 0.2) is 53.4 Å². The van der Waals surface area contributed by atoms with E-state index in [4.69, 9.17) is 5.11 Å². The smallest absolute Gasteiger partial charge is 0.335 e. The fourth-order valence-corrected chi connectivity index (χ4v) is 2.65. The van der Waals surface area contributed by atoms with E-state index in [9.17, 15) is 18.3 Å². The molecule has 0 atom stereocenters. The van der Waals surface area contributed by atoms with Crippen molar-refractivity contribution in [2.24, 2.45) is 0 Å². The van der Waals surface area contributed by atoms with E-state index in [-0.39, 0.29) is 16.1 Å². The largest absolute Gasteiger partial charge is 0.506 e. The molecule has 104 valence electrons. The van der Waals surface area contributed by atoms with Crippen LogP contribution in [0.4, 0.5) is 5.69 Å². The van der Waals surface area contributed by atoms with Crippen LogP contribution >= 0.6 is 0 Å². The average Bonchev–Trinajstić information content (AvgIpc) is 2.41. The number of hydrogen-bond acceptors (Lipinski definition) is 4. The van der Waals surface area contributed by atoms with Crippen LogP contribution in [-0.2, 0) is 10.0 Å². The maximum absolute atomic E-state index is 12.0. The summed E-state index contributed by atoms with van der Waals surface area (Å²) in [6, 6.07) is 11.0. The van der Waals surface area contributed by atoms with Crippen molar-refractivity contribution < 1.29 is 23.4 Å². The van der Waals surface area contributed by atoms with Gasteiger partial charge in [0.25, 0.3) is 10.0 Å². The first-order valence-corrected chi connectivity index (χ1v) is 7.02. The normalized spacial score (nSPS) is 11.0. The fourth-order valence-electron chi connectivity index (χ4n) is 1.55. The van der Waals surface area contributed by atoms with E-state index >= 15 is 0 Å². The van der Waals surface area contributed by atoms with Crippen molar-refractivity contribution in [3.05, 3.63) is 54.1 Å². The van der Waals surface area contributed by atoms with Gasteiger partial charge in [0, 0.05) is 0 Å². The van der Waals surface area contributed by atoms with Crippen LogP contribution < -0.4 is 4.72 Å². The van der Waals surface area contributed by atoms with Gasteiger partial charge in [-0.05, 0) is 30.3 Å². The summed E-state index contributed by atoms with van der Waals surface area (Å²) in [7, 11) is -3.83. The summed E-state index contributed by atoms with van der Waals surface area (Å²) in [5, 5.41) is 18.4. The Labute approximate surface area is 115 Å². The molecule has 0 aliphatic heterocycles. The zero-order valence-electron chi connectivity index (χ0n) is 10.1. The van der Waals surface area contributed by atoms with Gasteiger partial charge < -0.3 is 10.2 Å². The highest BCUT2D eigenvalue weighted by atomic mass is 32.2. The van der Waals surface area contributed by atoms with Crippen LogP contribution in [0, 0.1) is 0 Å². The fraction of sp³-hybridized carbons (Fsp3) is 0. The summed E-state index contributed by atoms with van der Waals surface area (Å²) < 4.78 is 26.3. The third-order valence-corrected chi connectivity index (χ3v) is 3.92. The van der Waals surface area contributed by atoms with Crippen molar-refractivity contribution in [1.82, 2.24) is 0 Å². The van der Waals surface area contributed by atoms with Crippen LogP contribution in [0.3, 0.4) is 0 Å². The molecule has 0 radical (unpaired) electrons. The topological polar surface area (TPSA) is 104 Å². The number of sulfonamides is 1. The van der Waals surface area contributed by atoms with Gasteiger partial charge in [0.15, 0.2) is 0 Å². The van der Waals surface area contributed by atoms with Crippen LogP contribution in [0.1, 0.15) is 10.4 Å². The number of phenolic OH excluding ortho intramolecular Hbond substituents is 1. The molecule has 0 heterocycles. The van der Waals surface area contributed by atoms with Gasteiger partial charge in [-0.25, -0.2) is 13.2 Å². The molecule has 7 heteroatoms. The molecule has 0 fully saturated rings. The zero-order chi connectivity index (χ0) is 14.8. The van der Waals surface area contributed by atoms with Gasteiger partial charge in [-0.2, -0.15) is 0 Å². The number of carbonyl (C=O) groups is 1. The summed E-state index contributed by atoms with van der Waals surface area (Å²) in [6.07, 6.45) is 0. The lowest BCUT2D eigenvalue weighted by molar-refractivity contribution is 0.0696. The van der Waals surface area contributed by atoms with Crippen molar-refractivity contribution >= 4 is 21.7 Å². The molecule has 2 rings (SSSR count). The predicted octanol–water partition coefficient (Wildman–Crippen LogP) is 1.89. The third kappa shape index (κ3) is 2.89. The molecule has 2 aromatic carbocycles. The highest BCUT2D eigenvalue weighted by Gasteiger charge is 2.16. The lowest BCUT2D eigenvalue weighted by Gasteiger charge is -2.10. The predicted molar refractivity (Wildman–Crippen MR) is 72.3 cm³/mol. The maximum Gasteiger partial charge on any atom is 0.335 e. The zero-order valence-corrected chi connectivity index (χ0v) is 11.0. The second-order valence-corrected chi connectivity index (χ2v) is 5.64. The van der Waals surface area contributed by atoms with Crippen LogP contribution in [0.5, 0.6) is 5.75 Å². The second kappa shape index (κ2) is 5.22. The number of carboxylic acids is 1. The average molecular weight is 293 g/mol. The van der Waals surface area contributed by atoms with E-state index in [0.717, 1.165) is 6.07 Å². The van der Waals surface area contributed by atoms with Crippen molar-refractivity contribution in [1.29, 1.82) is 0 Å². The quantitative estimate of drug-likeness (QED) is 0.747. The summed E-state index contributed by atoms with van der Waals surface area (Å²) in [4.78, 5) is 10.8. The Kier molecular flexibility index (Phi) is 3.62. The molecule has 20 heavy (non-hydrogen) atoms. The number of hydrogen-bond donors (Lipinski definition) is 3. The summed E-state index contributed by atoms with van der Waals surface area (Å²) in [5.41, 5.74) is -0.219. The minimum absolute atomic E-state index is 0.0433. The molecule has 2 aromatic rings. The highest BCUT2D eigenvalue weighted by molar-refractivity contribution is 7.92. The van der Waals surface area contributed by atoms with E-state index in [1.54, 1.807) is 18.2 Å². The molecular formula is C13H11NO5S. The molecule has 0 saturated carbocycles. The summed E-state index contributed by atoms with van der Waals surface area (Å²) in [5.74, 6) is -1.66. The monoisotopic (exact) mass is 293 g/mol. The van der Waals surface area contributed by atoms with E-state index in [0.29, 0.717) is 0 Å². The van der Waals surface area contributed by atoms with Gasteiger partial charge in [0.2, 0.25) is 0 Å². The van der Waals surface area contributed by atoms with E-state index in [1.807, 2.05) is 0 Å². The van der Waals surface area contributed by atoms with Gasteiger partial charge in [-0.3, -0.25) is 4.72 Å². The van der Waals surface area contributed by atoms with Crippen LogP contribution in [0.2, 0.25) is 0 Å². The minimum atomic E-state index is -3.83. The number of benzene rings is 2. The number of anilines is 1. The standard InChI is InChI=1S/C13H11NO5S/c15-12-8-9(13(16)17)6-7-11(12)14-20(18,19)10-4-2-1-3-5-10/h1-8,14-15H,(H,16,17). The van der Waals surface area contributed by atoms with Crippen LogP contribution in [0.25, 0.3) is 0 Å². The number of aromatic hydroxyl groups is 1. The Morgan fingerprint density at radius 1 is 1.05 bits per heavy atom. The van der Waals surface area contributed by atoms with Crippen LogP contribution in [-0.4, -0.2) is 24.6 Å². The van der Waals surface area contributed by atoms with Gasteiger partial charge in [-0.15, -0.1) is 0 Å². The first kappa shape index (κ1) is 13.9. The molecule has 0 saturated heterocycles. The number of aromatic carboxylic acids is 1. The highest BCUT2D eigenvalue weighted by Crippen LogP contribution is 2.26. The summed E-state index contributed by atoms with van der Waals surface area (Å²) >= 11 is 0. The Morgan fingerprint density at radius 3 is 2.25 bits per heavy atom. The van der Waals surface area contributed by atoms with Crippen molar-refractivity contribution in [2.45, 2.75) is 4.90 Å². The van der Waals surface area contributed by atoms with E-state index in [1.165, 1.54) is 24.3 Å². The summed E-state index contributed by atoms with van der Waals surface area (Å²) in [6.45, 7) is 0. The van der Waals surface area contributed by atoms with Gasteiger partial charge >= 0.3 is 5.97 Å². The molecular weight excluding hydrogens is 282 g/mol. The molecule has 0 aliphatic rings. The molecule has 0 spiro atoms. The lowest BCUT2D eigenvalue weighted by Crippen LogP contribution is -2.13. The Bertz CT molecular complexity index is 741. The number of phenols is 1. The van der Waals surface area contributed by atoms with Gasteiger partial charge in [0.05, 0.1) is 16.1 Å². The second-order valence-electron chi connectivity index (χ2n) is 3.96. The Hall–Kier alpha value is -2.54. The SMILES string of the molecule is O=C(O)c1ccc(NS(=O)(=O)c2ccccc2)c(O)c1. The lowest BCUT2D eigenvalue weighted by atomic mass is 10.2. The number of carboxylic acid groups (broad SMARTS) is 1. The number of rotatable bonds is 4. The third-order valence-electron chi connectivity index (χ3n) is 2.54. The first-order valence-electron chi connectivity index (χ1n) is 5.54. The minimum Gasteiger partial charge on any atom is -0.506 e. The van der Waals surface area contributed by atoms with Crippen molar-refractivity contribution in [3.8, 4) is 5.75 Å². The van der Waals surface area contributed by atoms with Gasteiger partial charge in [-0.1, -0.05) is 18.2 Å². The Morgan fingerprint density at radius 2 is 1.70 bits per heavy atom. The molecule has 0 unspecified atom stereocenters. The van der Waals surface area contributed by atoms with E-state index in [2.05, 4.69) is 4.72 Å². The Balaban J connectivity index is 2.33. The van der Waals surface area contributed by atoms with Crippen molar-refractivity contribution in [3.63, 3.8) is 0 Å². The van der Waals surface area contributed by atoms with E-state index < -0.39 is 21.7 Å². The molecule has 0 bridgehead atoms. The molecule has 3 N–H and O–H groups in total.